The first-order chi connectivity index (χ1) is 4.75. The minimum atomic E-state index is -1.04. The molecule has 0 aliphatic carbocycles. The van der Waals surface area contributed by atoms with E-state index >= 15 is 0 Å². The van der Waals surface area contributed by atoms with Gasteiger partial charge in [-0.1, -0.05) is 0 Å². The molecule has 0 fully saturated rings. The van der Waals surface area contributed by atoms with Crippen molar-refractivity contribution in [2.75, 3.05) is 0 Å². The molecule has 5 heteroatoms. The lowest BCUT2D eigenvalue weighted by atomic mass is 10.3. The number of carboxylic acid groups (broad SMARTS) is 1. The van der Waals surface area contributed by atoms with Gasteiger partial charge in [-0.3, -0.25) is 0 Å². The highest BCUT2D eigenvalue weighted by atomic mass is 32.1. The molecule has 0 saturated carbocycles. The van der Waals surface area contributed by atoms with Crippen LogP contribution in [0.4, 0.5) is 0 Å². The van der Waals surface area contributed by atoms with Gasteiger partial charge in [0.15, 0.2) is 0 Å². The summed E-state index contributed by atoms with van der Waals surface area (Å²) >= 11 is 0.997. The molecule has 10 heavy (non-hydrogen) atoms. The quantitative estimate of drug-likeness (QED) is 0.652. The summed E-state index contributed by atoms with van der Waals surface area (Å²) in [7, 11) is 0. The second-order valence-corrected chi connectivity index (χ2v) is 2.51. The van der Waals surface area contributed by atoms with Crippen molar-refractivity contribution in [2.24, 2.45) is 0 Å². The van der Waals surface area contributed by atoms with Crippen molar-refractivity contribution in [1.82, 2.24) is 4.37 Å². The molecule has 1 aromatic heterocycles. The maximum Gasteiger partial charge on any atom is 0.338 e. The lowest BCUT2D eigenvalue weighted by Gasteiger charge is -1.89. The Kier molecular flexibility index (Phi) is 1.98. The number of nitrogens with zero attached hydrogens (tertiary/aromatic N) is 1. The third-order valence-corrected chi connectivity index (χ3v) is 1.80. The number of rotatable bonds is 2. The van der Waals surface area contributed by atoms with Crippen LogP contribution in [-0.2, 0) is 6.61 Å². The van der Waals surface area contributed by atoms with Crippen molar-refractivity contribution in [2.45, 2.75) is 6.61 Å². The van der Waals surface area contributed by atoms with Crippen LogP contribution >= 0.6 is 11.5 Å². The molecule has 0 atom stereocenters. The van der Waals surface area contributed by atoms with E-state index in [-0.39, 0.29) is 12.2 Å². The van der Waals surface area contributed by atoms with Gasteiger partial charge in [-0.2, -0.15) is 4.37 Å². The maximum atomic E-state index is 10.3. The molecule has 1 rings (SSSR count). The van der Waals surface area contributed by atoms with Crippen LogP contribution in [0.2, 0.25) is 0 Å². The molecule has 1 heterocycles. The molecule has 1 aromatic rings. The Morgan fingerprint density at radius 2 is 2.50 bits per heavy atom. The second kappa shape index (κ2) is 2.76. The molecule has 0 radical (unpaired) electrons. The average Bonchev–Trinajstić information content (AvgIpc) is 2.33. The fourth-order valence-electron chi connectivity index (χ4n) is 0.552. The predicted octanol–water partition coefficient (Wildman–Crippen LogP) is 0.334. The molecular weight excluding hydrogens is 154 g/mol. The van der Waals surface area contributed by atoms with E-state index in [1.54, 1.807) is 0 Å². The molecule has 0 aliphatic rings. The Hall–Kier alpha value is -0.940. The van der Waals surface area contributed by atoms with E-state index in [4.69, 9.17) is 10.2 Å². The van der Waals surface area contributed by atoms with Crippen molar-refractivity contribution in [3.05, 3.63) is 16.6 Å². The van der Waals surface area contributed by atoms with Crippen LogP contribution in [0.15, 0.2) is 6.20 Å². The Balaban J connectivity index is 3.01. The zero-order valence-corrected chi connectivity index (χ0v) is 5.76. The summed E-state index contributed by atoms with van der Waals surface area (Å²) in [6, 6.07) is 0. The standard InChI is InChI=1S/C5H5NO3S/c7-2-4-3(5(8)9)1-6-10-4/h1,7H,2H2,(H,8,9). The number of carboxylic acids is 1. The molecule has 54 valence electrons. The van der Waals surface area contributed by atoms with Gasteiger partial charge >= 0.3 is 5.97 Å². The van der Waals surface area contributed by atoms with E-state index in [1.807, 2.05) is 0 Å². The number of hydrogen-bond donors (Lipinski definition) is 2. The van der Waals surface area contributed by atoms with Gasteiger partial charge < -0.3 is 10.2 Å². The minimum Gasteiger partial charge on any atom is -0.478 e. The van der Waals surface area contributed by atoms with Gasteiger partial charge in [0.05, 0.1) is 23.2 Å². The van der Waals surface area contributed by atoms with Gasteiger partial charge in [0.2, 0.25) is 0 Å². The number of aliphatic hydroxyl groups is 1. The molecule has 0 amide bonds. The highest BCUT2D eigenvalue weighted by Crippen LogP contribution is 2.12. The topological polar surface area (TPSA) is 70.4 Å². The van der Waals surface area contributed by atoms with Crippen molar-refractivity contribution in [3.8, 4) is 0 Å². The molecule has 0 aliphatic heterocycles. The lowest BCUT2D eigenvalue weighted by molar-refractivity contribution is 0.0694. The molecule has 0 saturated heterocycles. The summed E-state index contributed by atoms with van der Waals surface area (Å²) in [6.07, 6.45) is 1.23. The fraction of sp³-hybridized carbons (Fsp3) is 0.200. The molecule has 0 bridgehead atoms. The first-order valence-corrected chi connectivity index (χ1v) is 3.30. The fourth-order valence-corrected chi connectivity index (χ4v) is 1.13. The van der Waals surface area contributed by atoms with Crippen LogP contribution < -0.4 is 0 Å². The normalized spacial score (nSPS) is 9.70. The van der Waals surface area contributed by atoms with E-state index in [0.29, 0.717) is 4.88 Å². The number of aromatic nitrogens is 1. The van der Waals surface area contributed by atoms with Crippen molar-refractivity contribution in [3.63, 3.8) is 0 Å². The summed E-state index contributed by atoms with van der Waals surface area (Å²) < 4.78 is 3.62. The lowest BCUT2D eigenvalue weighted by Crippen LogP contribution is -1.97. The Morgan fingerprint density at radius 3 is 2.90 bits per heavy atom. The number of aliphatic hydroxyl groups excluding tert-OH is 1. The first-order valence-electron chi connectivity index (χ1n) is 2.53. The predicted molar refractivity (Wildman–Crippen MR) is 35.0 cm³/mol. The van der Waals surface area contributed by atoms with E-state index < -0.39 is 5.97 Å². The van der Waals surface area contributed by atoms with Gasteiger partial charge in [-0.05, 0) is 11.5 Å². The van der Waals surface area contributed by atoms with Crippen molar-refractivity contribution in [1.29, 1.82) is 0 Å². The number of hydrogen-bond acceptors (Lipinski definition) is 4. The highest BCUT2D eigenvalue weighted by molar-refractivity contribution is 7.06. The van der Waals surface area contributed by atoms with E-state index in [0.717, 1.165) is 11.5 Å². The van der Waals surface area contributed by atoms with Crippen LogP contribution in [-0.4, -0.2) is 20.6 Å². The zero-order chi connectivity index (χ0) is 7.56. The molecule has 0 spiro atoms. The highest BCUT2D eigenvalue weighted by Gasteiger charge is 2.10. The minimum absolute atomic E-state index is 0.0903. The van der Waals surface area contributed by atoms with E-state index in [1.165, 1.54) is 6.20 Å². The van der Waals surface area contributed by atoms with Gasteiger partial charge in [0.25, 0.3) is 0 Å². The van der Waals surface area contributed by atoms with Gasteiger partial charge in [0.1, 0.15) is 0 Å². The summed E-state index contributed by atoms with van der Waals surface area (Å²) in [5.41, 5.74) is 0.0903. The monoisotopic (exact) mass is 159 g/mol. The molecule has 0 unspecified atom stereocenters. The summed E-state index contributed by atoms with van der Waals surface area (Å²) in [5.74, 6) is -1.04. The second-order valence-electron chi connectivity index (χ2n) is 1.63. The Labute approximate surface area is 60.9 Å². The largest absolute Gasteiger partial charge is 0.478 e. The van der Waals surface area contributed by atoms with Crippen LogP contribution in [0, 0.1) is 0 Å². The summed E-state index contributed by atoms with van der Waals surface area (Å²) in [6.45, 7) is -0.258. The first kappa shape index (κ1) is 7.17. The number of carbonyl (C=O) groups is 1. The smallest absolute Gasteiger partial charge is 0.338 e. The Morgan fingerprint density at radius 1 is 1.80 bits per heavy atom. The summed E-state index contributed by atoms with van der Waals surface area (Å²) in [5, 5.41) is 17.0. The van der Waals surface area contributed by atoms with Crippen LogP contribution in [0.1, 0.15) is 15.2 Å². The van der Waals surface area contributed by atoms with Crippen LogP contribution in [0.5, 0.6) is 0 Å². The molecule has 0 aromatic carbocycles. The van der Waals surface area contributed by atoms with Crippen LogP contribution in [0.25, 0.3) is 0 Å². The zero-order valence-electron chi connectivity index (χ0n) is 4.94. The summed E-state index contributed by atoms with van der Waals surface area (Å²) in [4.78, 5) is 10.7. The van der Waals surface area contributed by atoms with E-state index in [2.05, 4.69) is 4.37 Å². The average molecular weight is 159 g/mol. The molecule has 4 nitrogen and oxygen atoms in total. The Bertz CT molecular complexity index is 245. The van der Waals surface area contributed by atoms with Crippen LogP contribution in [0.3, 0.4) is 0 Å². The third kappa shape index (κ3) is 1.14. The van der Waals surface area contributed by atoms with Gasteiger partial charge in [-0.25, -0.2) is 4.79 Å². The van der Waals surface area contributed by atoms with Gasteiger partial charge in [0, 0.05) is 0 Å². The SMILES string of the molecule is O=C(O)c1cnsc1CO. The maximum absolute atomic E-state index is 10.3. The molecule has 2 N–H and O–H groups in total. The molecular formula is C5H5NO3S. The number of aromatic carboxylic acids is 1. The van der Waals surface area contributed by atoms with E-state index in [9.17, 15) is 4.79 Å². The van der Waals surface area contributed by atoms with Crippen molar-refractivity contribution >= 4 is 17.5 Å². The third-order valence-electron chi connectivity index (χ3n) is 1.02. The van der Waals surface area contributed by atoms with Crippen molar-refractivity contribution < 1.29 is 15.0 Å². The van der Waals surface area contributed by atoms with Gasteiger partial charge in [-0.15, -0.1) is 0 Å².